The Morgan fingerprint density at radius 1 is 1.44 bits per heavy atom. The highest BCUT2D eigenvalue weighted by Crippen LogP contribution is 2.32. The minimum absolute atomic E-state index is 0.0564. The van der Waals surface area contributed by atoms with Gasteiger partial charge in [0.2, 0.25) is 0 Å². The first-order valence-electron chi connectivity index (χ1n) is 4.73. The van der Waals surface area contributed by atoms with E-state index in [9.17, 15) is 14.9 Å². The van der Waals surface area contributed by atoms with Crippen LogP contribution in [0.3, 0.4) is 0 Å². The highest BCUT2D eigenvalue weighted by Gasteiger charge is 2.22. The summed E-state index contributed by atoms with van der Waals surface area (Å²) in [6, 6.07) is 4.65. The molecule has 16 heavy (non-hydrogen) atoms. The monoisotopic (exact) mass is 217 g/mol. The number of non-ortho nitro benzene ring substituents is 1. The molecule has 0 fully saturated rings. The fourth-order valence-corrected chi connectivity index (χ4v) is 2.02. The van der Waals surface area contributed by atoms with Gasteiger partial charge in [0.1, 0.15) is 0 Å². The first kappa shape index (κ1) is 8.90. The van der Waals surface area contributed by atoms with E-state index in [4.69, 9.17) is 0 Å². The molecule has 2 heterocycles. The van der Waals surface area contributed by atoms with Crippen LogP contribution in [-0.2, 0) is 6.54 Å². The summed E-state index contributed by atoms with van der Waals surface area (Å²) >= 11 is 0. The second-order valence-corrected chi connectivity index (χ2v) is 3.66. The van der Waals surface area contributed by atoms with Crippen molar-refractivity contribution in [1.82, 2.24) is 9.55 Å². The van der Waals surface area contributed by atoms with Crippen LogP contribution in [0.2, 0.25) is 0 Å². The predicted octanol–water partition coefficient (Wildman–Crippen LogP) is 1.11. The lowest BCUT2D eigenvalue weighted by Crippen LogP contribution is -2.14. The number of nitro benzene ring substituents is 1. The van der Waals surface area contributed by atoms with Gasteiger partial charge in [-0.05, 0) is 11.6 Å². The normalized spacial score (nSPS) is 12.2. The lowest BCUT2D eigenvalue weighted by atomic mass is 10.1. The zero-order chi connectivity index (χ0) is 11.3. The van der Waals surface area contributed by atoms with Crippen LogP contribution in [0, 0.1) is 10.1 Å². The minimum atomic E-state index is -0.432. The molecule has 1 N–H and O–H groups in total. The van der Waals surface area contributed by atoms with Crippen molar-refractivity contribution < 1.29 is 4.92 Å². The smallest absolute Gasteiger partial charge is 0.312 e. The highest BCUT2D eigenvalue weighted by atomic mass is 16.6. The fourth-order valence-electron chi connectivity index (χ4n) is 2.02. The molecular formula is C10H7N3O3. The molecular weight excluding hydrogens is 210 g/mol. The molecule has 0 unspecified atom stereocenters. The Morgan fingerprint density at radius 2 is 2.25 bits per heavy atom. The number of nitro groups is 1. The van der Waals surface area contributed by atoms with E-state index >= 15 is 0 Å². The number of hydrogen-bond acceptors (Lipinski definition) is 3. The first-order valence-corrected chi connectivity index (χ1v) is 4.73. The lowest BCUT2D eigenvalue weighted by Gasteiger charge is -1.97. The van der Waals surface area contributed by atoms with Crippen molar-refractivity contribution in [2.45, 2.75) is 6.54 Å². The van der Waals surface area contributed by atoms with Crippen molar-refractivity contribution in [2.24, 2.45) is 0 Å². The highest BCUT2D eigenvalue weighted by molar-refractivity contribution is 5.69. The molecule has 6 heteroatoms. The molecule has 1 aliphatic rings. The van der Waals surface area contributed by atoms with Gasteiger partial charge in [0.05, 0.1) is 17.2 Å². The number of imidazole rings is 1. The topological polar surface area (TPSA) is 80.9 Å². The number of nitrogens with zero attached hydrogens (tertiary/aromatic N) is 2. The maximum atomic E-state index is 11.4. The number of aromatic nitrogens is 2. The molecule has 0 radical (unpaired) electrons. The third-order valence-electron chi connectivity index (χ3n) is 2.77. The molecule has 0 aliphatic carbocycles. The largest absolute Gasteiger partial charge is 0.326 e. The summed E-state index contributed by atoms with van der Waals surface area (Å²) in [5.41, 5.74) is 2.35. The summed E-state index contributed by atoms with van der Waals surface area (Å²) in [6.45, 7) is 0.397. The summed E-state index contributed by atoms with van der Waals surface area (Å²) in [6.07, 6.45) is 1.62. The van der Waals surface area contributed by atoms with Crippen LogP contribution in [0.25, 0.3) is 11.3 Å². The SMILES string of the molecule is O=c1[nH]cc2n1Cc1cc([N+](=O)[O-])ccc1-2. The third kappa shape index (κ3) is 1.04. The van der Waals surface area contributed by atoms with Crippen molar-refractivity contribution in [3.63, 3.8) is 0 Å². The Hall–Kier alpha value is -2.37. The molecule has 80 valence electrons. The fraction of sp³-hybridized carbons (Fsp3) is 0.100. The van der Waals surface area contributed by atoms with Crippen molar-refractivity contribution >= 4 is 5.69 Å². The van der Waals surface area contributed by atoms with Crippen LogP contribution in [0.4, 0.5) is 5.69 Å². The van der Waals surface area contributed by atoms with Crippen molar-refractivity contribution in [2.75, 3.05) is 0 Å². The zero-order valence-electron chi connectivity index (χ0n) is 8.14. The van der Waals surface area contributed by atoms with Crippen LogP contribution in [-0.4, -0.2) is 14.5 Å². The molecule has 0 bridgehead atoms. The Labute approximate surface area is 89.3 Å². The van der Waals surface area contributed by atoms with Gasteiger partial charge < -0.3 is 4.98 Å². The van der Waals surface area contributed by atoms with E-state index in [1.165, 1.54) is 12.1 Å². The molecule has 0 saturated heterocycles. The van der Waals surface area contributed by atoms with Crippen molar-refractivity contribution in [3.8, 4) is 11.3 Å². The van der Waals surface area contributed by atoms with E-state index in [-0.39, 0.29) is 11.4 Å². The summed E-state index contributed by atoms with van der Waals surface area (Å²) in [5.74, 6) is 0. The number of H-pyrrole nitrogens is 1. The molecule has 1 aromatic carbocycles. The second kappa shape index (κ2) is 2.82. The Morgan fingerprint density at radius 3 is 3.00 bits per heavy atom. The van der Waals surface area contributed by atoms with Crippen LogP contribution in [0.1, 0.15) is 5.56 Å². The molecule has 0 saturated carbocycles. The van der Waals surface area contributed by atoms with Gasteiger partial charge in [0.25, 0.3) is 5.69 Å². The van der Waals surface area contributed by atoms with Gasteiger partial charge in [-0.1, -0.05) is 0 Å². The van der Waals surface area contributed by atoms with E-state index in [1.807, 2.05) is 0 Å². The summed E-state index contributed by atoms with van der Waals surface area (Å²) in [5, 5.41) is 10.6. The Bertz CT molecular complexity index is 654. The molecule has 6 nitrogen and oxygen atoms in total. The zero-order valence-corrected chi connectivity index (χ0v) is 8.14. The molecule has 2 aromatic rings. The second-order valence-electron chi connectivity index (χ2n) is 3.66. The van der Waals surface area contributed by atoms with Gasteiger partial charge in [-0.25, -0.2) is 4.79 Å². The van der Waals surface area contributed by atoms with Gasteiger partial charge in [-0.15, -0.1) is 0 Å². The molecule has 0 amide bonds. The summed E-state index contributed by atoms with van der Waals surface area (Å²) in [4.78, 5) is 24.1. The van der Waals surface area contributed by atoms with Gasteiger partial charge in [-0.3, -0.25) is 14.7 Å². The van der Waals surface area contributed by atoms with E-state index in [2.05, 4.69) is 4.98 Å². The van der Waals surface area contributed by atoms with Gasteiger partial charge in [0.15, 0.2) is 0 Å². The van der Waals surface area contributed by atoms with Crippen molar-refractivity contribution in [1.29, 1.82) is 0 Å². The maximum Gasteiger partial charge on any atom is 0.326 e. The number of aromatic amines is 1. The average Bonchev–Trinajstić information content (AvgIpc) is 2.78. The molecule has 3 rings (SSSR count). The lowest BCUT2D eigenvalue weighted by molar-refractivity contribution is -0.384. The van der Waals surface area contributed by atoms with Gasteiger partial charge >= 0.3 is 5.69 Å². The molecule has 1 aliphatic heterocycles. The van der Waals surface area contributed by atoms with Crippen LogP contribution >= 0.6 is 0 Å². The van der Waals surface area contributed by atoms with Crippen LogP contribution < -0.4 is 5.69 Å². The standard InChI is InChI=1S/C10H7N3O3/c14-10-11-4-9-8-2-1-7(13(15)16)3-6(8)5-12(9)10/h1-4H,5H2,(H,11,14). The molecule has 0 spiro atoms. The molecule has 0 atom stereocenters. The number of hydrogen-bond donors (Lipinski definition) is 1. The van der Waals surface area contributed by atoms with E-state index in [1.54, 1.807) is 16.8 Å². The Balaban J connectivity index is 2.21. The van der Waals surface area contributed by atoms with E-state index in [0.29, 0.717) is 6.54 Å². The van der Waals surface area contributed by atoms with E-state index < -0.39 is 4.92 Å². The quantitative estimate of drug-likeness (QED) is 0.489. The van der Waals surface area contributed by atoms with Gasteiger partial charge in [-0.2, -0.15) is 0 Å². The summed E-state index contributed by atoms with van der Waals surface area (Å²) < 4.78 is 1.56. The minimum Gasteiger partial charge on any atom is -0.312 e. The number of rotatable bonds is 1. The van der Waals surface area contributed by atoms with Gasteiger partial charge in [0, 0.05) is 23.9 Å². The predicted molar refractivity (Wildman–Crippen MR) is 56.2 cm³/mol. The Kier molecular flexibility index (Phi) is 1.57. The van der Waals surface area contributed by atoms with E-state index in [0.717, 1.165) is 16.8 Å². The van der Waals surface area contributed by atoms with Crippen LogP contribution in [0.5, 0.6) is 0 Å². The maximum absolute atomic E-state index is 11.4. The number of benzene rings is 1. The number of fused-ring (bicyclic) bond motifs is 3. The average molecular weight is 217 g/mol. The molecule has 1 aromatic heterocycles. The van der Waals surface area contributed by atoms with Crippen LogP contribution in [0.15, 0.2) is 29.2 Å². The van der Waals surface area contributed by atoms with Crippen molar-refractivity contribution in [3.05, 3.63) is 50.6 Å². The first-order chi connectivity index (χ1) is 7.66. The third-order valence-corrected chi connectivity index (χ3v) is 2.77. The summed E-state index contributed by atoms with van der Waals surface area (Å²) in [7, 11) is 0. The number of nitrogens with one attached hydrogen (secondary N) is 1.